The van der Waals surface area contributed by atoms with Crippen molar-refractivity contribution in [1.82, 2.24) is 20.6 Å². The van der Waals surface area contributed by atoms with Crippen molar-refractivity contribution in [3.8, 4) is 6.01 Å². The van der Waals surface area contributed by atoms with Crippen molar-refractivity contribution >= 4 is 17.9 Å². The van der Waals surface area contributed by atoms with Crippen LogP contribution in [0.15, 0.2) is 42.7 Å². The summed E-state index contributed by atoms with van der Waals surface area (Å²) in [6, 6.07) is 8.02. The second-order valence-corrected chi connectivity index (χ2v) is 6.03. The van der Waals surface area contributed by atoms with Crippen LogP contribution in [0.5, 0.6) is 6.01 Å². The minimum Gasteiger partial charge on any atom is -0.456 e. The molecule has 1 atom stereocenters. The maximum Gasteiger partial charge on any atom is 0.316 e. The standard InChI is InChI=1S/C7H16N2O.C6H4ClF.C6H6N2O2/c1-8-4-7-5-9-2-3-10-6-7;7-5-3-1-2-4-6(5)8;9-4-5-10-6-7-2-1-3-8-6/h7-9H,2-6H2,1H3;1-4H;1-4H,5H2. The summed E-state index contributed by atoms with van der Waals surface area (Å²) >= 11 is 5.33. The van der Waals surface area contributed by atoms with Crippen LogP contribution < -0.4 is 15.4 Å². The molecule has 2 N–H and O–H groups in total. The van der Waals surface area contributed by atoms with E-state index in [4.69, 9.17) is 21.1 Å². The quantitative estimate of drug-likeness (QED) is 0.726. The van der Waals surface area contributed by atoms with Crippen LogP contribution in [-0.4, -0.2) is 62.8 Å². The highest BCUT2D eigenvalue weighted by Crippen LogP contribution is 2.11. The number of rotatable bonds is 5. The lowest BCUT2D eigenvalue weighted by atomic mass is 10.1. The van der Waals surface area contributed by atoms with Gasteiger partial charge in [-0.15, -0.1) is 0 Å². The number of carbonyl (C=O) groups excluding carboxylic acids is 1. The number of hydrogen-bond donors (Lipinski definition) is 2. The molecule has 2 aromatic rings. The van der Waals surface area contributed by atoms with Gasteiger partial charge in [0.05, 0.1) is 18.2 Å². The summed E-state index contributed by atoms with van der Waals surface area (Å²) in [5.74, 6) is 0.279. The van der Waals surface area contributed by atoms with E-state index in [2.05, 4.69) is 20.6 Å². The Kier molecular flexibility index (Phi) is 13.6. The van der Waals surface area contributed by atoms with Crippen molar-refractivity contribution in [1.29, 1.82) is 0 Å². The summed E-state index contributed by atoms with van der Waals surface area (Å²) in [4.78, 5) is 17.2. The van der Waals surface area contributed by atoms with Gasteiger partial charge in [-0.3, -0.25) is 4.79 Å². The average Bonchev–Trinajstić information content (AvgIpc) is 3.00. The minimum atomic E-state index is -0.367. The molecule has 9 heteroatoms. The van der Waals surface area contributed by atoms with Crippen molar-refractivity contribution in [2.45, 2.75) is 0 Å². The van der Waals surface area contributed by atoms with Gasteiger partial charge in [0.2, 0.25) is 0 Å². The molecule has 1 aromatic carbocycles. The average molecular weight is 413 g/mol. The van der Waals surface area contributed by atoms with Crippen molar-refractivity contribution in [2.75, 3.05) is 46.5 Å². The van der Waals surface area contributed by atoms with Crippen LogP contribution in [0, 0.1) is 11.7 Å². The molecule has 1 saturated heterocycles. The van der Waals surface area contributed by atoms with Crippen LogP contribution in [0.1, 0.15) is 0 Å². The highest BCUT2D eigenvalue weighted by molar-refractivity contribution is 6.30. The molecule has 1 aliphatic heterocycles. The zero-order valence-electron chi connectivity index (χ0n) is 15.8. The van der Waals surface area contributed by atoms with Gasteiger partial charge in [-0.2, -0.15) is 0 Å². The highest BCUT2D eigenvalue weighted by Gasteiger charge is 2.09. The van der Waals surface area contributed by atoms with E-state index in [0.29, 0.717) is 12.2 Å². The molecule has 1 fully saturated rings. The molecule has 0 radical (unpaired) electrons. The van der Waals surface area contributed by atoms with Crippen LogP contribution in [-0.2, 0) is 9.53 Å². The summed E-state index contributed by atoms with van der Waals surface area (Å²) in [5.41, 5.74) is 0. The Morgan fingerprint density at radius 3 is 2.71 bits per heavy atom. The molecule has 1 aromatic heterocycles. The van der Waals surface area contributed by atoms with E-state index in [1.165, 1.54) is 12.1 Å². The number of carbonyl (C=O) groups is 1. The smallest absolute Gasteiger partial charge is 0.316 e. The molecule has 0 aliphatic carbocycles. The molecule has 0 bridgehead atoms. The Labute approximate surface area is 169 Å². The number of hydrogen-bond acceptors (Lipinski definition) is 7. The molecule has 0 amide bonds. The fraction of sp³-hybridized carbons (Fsp3) is 0.421. The summed E-state index contributed by atoms with van der Waals surface area (Å²) in [5, 5.41) is 6.64. The molecule has 28 heavy (non-hydrogen) atoms. The van der Waals surface area contributed by atoms with Crippen LogP contribution in [0.25, 0.3) is 0 Å². The first-order valence-corrected chi connectivity index (χ1v) is 9.21. The second-order valence-electron chi connectivity index (χ2n) is 5.63. The highest BCUT2D eigenvalue weighted by atomic mass is 35.5. The molecule has 3 rings (SSSR count). The Morgan fingerprint density at radius 1 is 1.36 bits per heavy atom. The fourth-order valence-corrected chi connectivity index (χ4v) is 2.22. The number of aldehydes is 1. The van der Waals surface area contributed by atoms with Gasteiger partial charge in [0.15, 0.2) is 6.29 Å². The van der Waals surface area contributed by atoms with Crippen molar-refractivity contribution in [3.63, 3.8) is 0 Å². The summed E-state index contributed by atoms with van der Waals surface area (Å²) in [6.45, 7) is 4.89. The first kappa shape index (κ1) is 23.9. The zero-order chi connectivity index (χ0) is 20.5. The molecular formula is C19H26ClFN4O3. The number of nitrogens with zero attached hydrogens (tertiary/aromatic N) is 2. The van der Waals surface area contributed by atoms with Gasteiger partial charge in [-0.05, 0) is 25.2 Å². The van der Waals surface area contributed by atoms with Gasteiger partial charge in [0, 0.05) is 37.9 Å². The third-order valence-electron chi connectivity index (χ3n) is 3.35. The number of nitrogens with one attached hydrogen (secondary N) is 2. The summed E-state index contributed by atoms with van der Waals surface area (Å²) in [7, 11) is 1.98. The SMILES string of the molecule is CNCC1CNCCOC1.Fc1ccccc1Cl.O=CCOc1ncccn1. The number of halogens is 2. The van der Waals surface area contributed by atoms with Crippen LogP contribution in [0.2, 0.25) is 5.02 Å². The predicted octanol–water partition coefficient (Wildman–Crippen LogP) is 1.98. The number of benzene rings is 1. The third-order valence-corrected chi connectivity index (χ3v) is 3.66. The van der Waals surface area contributed by atoms with Gasteiger partial charge in [-0.1, -0.05) is 23.7 Å². The van der Waals surface area contributed by atoms with E-state index in [1.807, 2.05) is 7.05 Å². The third kappa shape index (κ3) is 11.6. The Morgan fingerprint density at radius 2 is 2.11 bits per heavy atom. The monoisotopic (exact) mass is 412 g/mol. The van der Waals surface area contributed by atoms with Crippen LogP contribution in [0.3, 0.4) is 0 Å². The van der Waals surface area contributed by atoms with Gasteiger partial charge in [0.1, 0.15) is 12.4 Å². The minimum absolute atomic E-state index is 0.00398. The molecule has 7 nitrogen and oxygen atoms in total. The molecule has 154 valence electrons. The topological polar surface area (TPSA) is 85.4 Å². The molecule has 0 saturated carbocycles. The van der Waals surface area contributed by atoms with Crippen molar-refractivity contribution in [3.05, 3.63) is 53.6 Å². The first-order chi connectivity index (χ1) is 13.7. The van der Waals surface area contributed by atoms with E-state index in [1.54, 1.807) is 30.6 Å². The lowest BCUT2D eigenvalue weighted by Crippen LogP contribution is -2.30. The maximum atomic E-state index is 12.2. The van der Waals surface area contributed by atoms with Crippen molar-refractivity contribution < 1.29 is 18.7 Å². The normalized spacial score (nSPS) is 15.8. The lowest BCUT2D eigenvalue weighted by Gasteiger charge is -2.11. The molecule has 0 spiro atoms. The van der Waals surface area contributed by atoms with Gasteiger partial charge >= 0.3 is 6.01 Å². The Hall–Kier alpha value is -2.13. The first-order valence-electron chi connectivity index (χ1n) is 8.84. The summed E-state index contributed by atoms with van der Waals surface area (Å²) < 4.78 is 22.3. The Bertz CT molecular complexity index is 623. The van der Waals surface area contributed by atoms with Crippen molar-refractivity contribution in [2.24, 2.45) is 5.92 Å². The van der Waals surface area contributed by atoms with Crippen LogP contribution in [0.4, 0.5) is 4.39 Å². The van der Waals surface area contributed by atoms with Gasteiger partial charge < -0.3 is 20.1 Å². The zero-order valence-corrected chi connectivity index (χ0v) is 16.6. The lowest BCUT2D eigenvalue weighted by molar-refractivity contribution is -0.109. The predicted molar refractivity (Wildman–Crippen MR) is 106 cm³/mol. The molecule has 1 unspecified atom stereocenters. The fourth-order valence-electron chi connectivity index (χ4n) is 2.09. The van der Waals surface area contributed by atoms with E-state index in [9.17, 15) is 9.18 Å². The molecule has 1 aliphatic rings. The Balaban J connectivity index is 0.000000212. The van der Waals surface area contributed by atoms with E-state index in [-0.39, 0.29) is 23.5 Å². The van der Waals surface area contributed by atoms with Gasteiger partial charge in [0.25, 0.3) is 0 Å². The number of ether oxygens (including phenoxy) is 2. The number of aromatic nitrogens is 2. The van der Waals surface area contributed by atoms with E-state index < -0.39 is 0 Å². The van der Waals surface area contributed by atoms with Gasteiger partial charge in [-0.25, -0.2) is 14.4 Å². The largest absolute Gasteiger partial charge is 0.456 e. The maximum absolute atomic E-state index is 12.2. The summed E-state index contributed by atoms with van der Waals surface area (Å²) in [6.07, 6.45) is 3.75. The van der Waals surface area contributed by atoms with Crippen LogP contribution >= 0.6 is 11.6 Å². The van der Waals surface area contributed by atoms with E-state index >= 15 is 0 Å². The van der Waals surface area contributed by atoms with E-state index in [0.717, 1.165) is 32.8 Å². The molecule has 2 heterocycles. The second kappa shape index (κ2) is 15.9. The molecular weight excluding hydrogens is 387 g/mol.